The van der Waals surface area contributed by atoms with Gasteiger partial charge in [0.05, 0.1) is 0 Å². The molecule has 0 spiro atoms. The third-order valence-electron chi connectivity index (χ3n) is 3.03. The van der Waals surface area contributed by atoms with E-state index in [1.165, 1.54) is 12.1 Å². The van der Waals surface area contributed by atoms with Gasteiger partial charge in [0.15, 0.2) is 11.6 Å². The topological polar surface area (TPSA) is 42.7 Å². The van der Waals surface area contributed by atoms with E-state index < -0.39 is 0 Å². The summed E-state index contributed by atoms with van der Waals surface area (Å²) in [5.74, 6) is 1.83. The van der Waals surface area contributed by atoms with E-state index in [0.29, 0.717) is 5.92 Å². The summed E-state index contributed by atoms with van der Waals surface area (Å²) >= 11 is 0. The molecule has 1 N–H and O–H groups in total. The van der Waals surface area contributed by atoms with E-state index in [0.717, 1.165) is 30.3 Å². The summed E-state index contributed by atoms with van der Waals surface area (Å²) in [4.78, 5) is 4.52. The summed E-state index contributed by atoms with van der Waals surface area (Å²) < 4.78 is 14.6. The van der Waals surface area contributed by atoms with Crippen molar-refractivity contribution in [2.45, 2.75) is 5.92 Å². The molecule has 0 saturated carbocycles. The molecular formula is C12H13FN4. The molecule has 1 aliphatic rings. The third kappa shape index (κ3) is 1.82. The zero-order valence-corrected chi connectivity index (χ0v) is 9.52. The quantitative estimate of drug-likeness (QED) is 0.849. The summed E-state index contributed by atoms with van der Waals surface area (Å²) in [5.41, 5.74) is 0.889. The average molecular weight is 232 g/mol. The van der Waals surface area contributed by atoms with Crippen molar-refractivity contribution in [1.29, 1.82) is 0 Å². The zero-order valence-electron chi connectivity index (χ0n) is 9.52. The van der Waals surface area contributed by atoms with Gasteiger partial charge < -0.3 is 5.32 Å². The number of nitrogens with zero attached hydrogens (tertiary/aromatic N) is 3. The summed E-state index contributed by atoms with van der Waals surface area (Å²) in [7, 11) is 1.86. The number of nitrogens with one attached hydrogen (secondary N) is 1. The molecular weight excluding hydrogens is 219 g/mol. The first kappa shape index (κ1) is 10.4. The van der Waals surface area contributed by atoms with Gasteiger partial charge in [0.2, 0.25) is 0 Å². The van der Waals surface area contributed by atoms with Crippen molar-refractivity contribution in [2.75, 3.05) is 13.1 Å². The standard InChI is InChI=1S/C12H13FN4/c1-17-12(8-2-4-10(13)5-3-8)15-11(16-17)9-6-14-7-9/h2-5,9,14H,6-7H2,1H3. The molecule has 1 aromatic heterocycles. The lowest BCUT2D eigenvalue weighted by molar-refractivity contribution is 0.428. The second kappa shape index (κ2) is 3.92. The van der Waals surface area contributed by atoms with Crippen LogP contribution in [-0.2, 0) is 7.05 Å². The van der Waals surface area contributed by atoms with Crippen LogP contribution in [0.4, 0.5) is 4.39 Å². The molecule has 0 bridgehead atoms. The Morgan fingerprint density at radius 3 is 2.59 bits per heavy atom. The van der Waals surface area contributed by atoms with Crippen LogP contribution < -0.4 is 5.32 Å². The fourth-order valence-electron chi connectivity index (χ4n) is 1.90. The van der Waals surface area contributed by atoms with E-state index in [1.807, 2.05) is 7.05 Å². The number of aryl methyl sites for hydroxylation is 1. The predicted octanol–water partition coefficient (Wildman–Crippen LogP) is 1.31. The fraction of sp³-hybridized carbons (Fsp3) is 0.333. The SMILES string of the molecule is Cn1nc(C2CNC2)nc1-c1ccc(F)cc1. The Balaban J connectivity index is 1.96. The zero-order chi connectivity index (χ0) is 11.8. The minimum absolute atomic E-state index is 0.237. The number of aromatic nitrogens is 3. The second-order valence-electron chi connectivity index (χ2n) is 4.28. The average Bonchev–Trinajstić information content (AvgIpc) is 2.59. The molecule has 17 heavy (non-hydrogen) atoms. The number of hydrogen-bond acceptors (Lipinski definition) is 3. The molecule has 3 rings (SSSR count). The monoisotopic (exact) mass is 232 g/mol. The van der Waals surface area contributed by atoms with E-state index >= 15 is 0 Å². The van der Waals surface area contributed by atoms with Gasteiger partial charge in [-0.2, -0.15) is 5.10 Å². The van der Waals surface area contributed by atoms with Crippen molar-refractivity contribution in [3.05, 3.63) is 35.9 Å². The van der Waals surface area contributed by atoms with Gasteiger partial charge >= 0.3 is 0 Å². The Labute approximate surface area is 98.5 Å². The molecule has 0 radical (unpaired) electrons. The highest BCUT2D eigenvalue weighted by atomic mass is 19.1. The van der Waals surface area contributed by atoms with Crippen molar-refractivity contribution in [2.24, 2.45) is 7.05 Å². The number of hydrogen-bond donors (Lipinski definition) is 1. The lowest BCUT2D eigenvalue weighted by Crippen LogP contribution is -2.40. The van der Waals surface area contributed by atoms with Crippen LogP contribution in [0.25, 0.3) is 11.4 Å². The maximum absolute atomic E-state index is 12.8. The summed E-state index contributed by atoms with van der Waals surface area (Å²) in [6.07, 6.45) is 0. The van der Waals surface area contributed by atoms with Crippen molar-refractivity contribution in [3.63, 3.8) is 0 Å². The van der Waals surface area contributed by atoms with E-state index in [1.54, 1.807) is 16.8 Å². The van der Waals surface area contributed by atoms with E-state index in [4.69, 9.17) is 0 Å². The Kier molecular flexibility index (Phi) is 2.40. The van der Waals surface area contributed by atoms with Gasteiger partial charge in [-0.15, -0.1) is 0 Å². The van der Waals surface area contributed by atoms with Gasteiger partial charge in [0, 0.05) is 31.6 Å². The first-order valence-electron chi connectivity index (χ1n) is 5.61. The first-order valence-corrected chi connectivity index (χ1v) is 5.61. The molecule has 1 aliphatic heterocycles. The lowest BCUT2D eigenvalue weighted by atomic mass is 10.0. The van der Waals surface area contributed by atoms with Crippen LogP contribution in [-0.4, -0.2) is 27.9 Å². The summed E-state index contributed by atoms with van der Waals surface area (Å²) in [5, 5.41) is 7.60. The van der Waals surface area contributed by atoms with Crippen molar-refractivity contribution in [1.82, 2.24) is 20.1 Å². The van der Waals surface area contributed by atoms with Gasteiger partial charge in [-0.1, -0.05) is 0 Å². The highest BCUT2D eigenvalue weighted by Crippen LogP contribution is 2.21. The molecule has 88 valence electrons. The Bertz CT molecular complexity index is 528. The minimum Gasteiger partial charge on any atom is -0.315 e. The van der Waals surface area contributed by atoms with Crippen molar-refractivity contribution < 1.29 is 4.39 Å². The summed E-state index contributed by atoms with van der Waals surface area (Å²) in [6, 6.07) is 6.33. The molecule has 0 unspecified atom stereocenters. The maximum Gasteiger partial charge on any atom is 0.158 e. The molecule has 1 fully saturated rings. The molecule has 5 heteroatoms. The van der Waals surface area contributed by atoms with E-state index in [2.05, 4.69) is 15.4 Å². The van der Waals surface area contributed by atoms with Crippen LogP contribution in [0.3, 0.4) is 0 Å². The molecule has 1 saturated heterocycles. The van der Waals surface area contributed by atoms with E-state index in [-0.39, 0.29) is 5.82 Å². The van der Waals surface area contributed by atoms with Crippen molar-refractivity contribution >= 4 is 0 Å². The minimum atomic E-state index is -0.237. The van der Waals surface area contributed by atoms with Gasteiger partial charge in [0.1, 0.15) is 5.82 Å². The normalized spacial score (nSPS) is 15.9. The van der Waals surface area contributed by atoms with Gasteiger partial charge in [-0.05, 0) is 24.3 Å². The van der Waals surface area contributed by atoms with Crippen LogP contribution in [0.5, 0.6) is 0 Å². The van der Waals surface area contributed by atoms with Crippen molar-refractivity contribution in [3.8, 4) is 11.4 Å². The fourth-order valence-corrected chi connectivity index (χ4v) is 1.90. The number of rotatable bonds is 2. The number of benzene rings is 1. The van der Waals surface area contributed by atoms with Gasteiger partial charge in [-0.3, -0.25) is 0 Å². The molecule has 0 atom stereocenters. The van der Waals surface area contributed by atoms with Gasteiger partial charge in [0.25, 0.3) is 0 Å². The molecule has 1 aromatic carbocycles. The Hall–Kier alpha value is -1.75. The molecule has 2 aromatic rings. The van der Waals surface area contributed by atoms with Crippen LogP contribution in [0.1, 0.15) is 11.7 Å². The predicted molar refractivity (Wildman–Crippen MR) is 62.0 cm³/mol. The van der Waals surface area contributed by atoms with Crippen LogP contribution >= 0.6 is 0 Å². The molecule has 0 amide bonds. The highest BCUT2D eigenvalue weighted by Gasteiger charge is 2.24. The molecule has 4 nitrogen and oxygen atoms in total. The van der Waals surface area contributed by atoms with E-state index in [9.17, 15) is 4.39 Å². The second-order valence-corrected chi connectivity index (χ2v) is 4.28. The Morgan fingerprint density at radius 1 is 1.29 bits per heavy atom. The lowest BCUT2D eigenvalue weighted by Gasteiger charge is -2.23. The first-order chi connectivity index (χ1) is 8.24. The van der Waals surface area contributed by atoms with Crippen LogP contribution in [0, 0.1) is 5.82 Å². The van der Waals surface area contributed by atoms with Crippen LogP contribution in [0.15, 0.2) is 24.3 Å². The third-order valence-corrected chi connectivity index (χ3v) is 3.03. The smallest absolute Gasteiger partial charge is 0.158 e. The largest absolute Gasteiger partial charge is 0.315 e. The summed E-state index contributed by atoms with van der Waals surface area (Å²) in [6.45, 7) is 1.87. The Morgan fingerprint density at radius 2 is 2.00 bits per heavy atom. The number of halogens is 1. The maximum atomic E-state index is 12.8. The molecule has 0 aliphatic carbocycles. The van der Waals surface area contributed by atoms with Crippen LogP contribution in [0.2, 0.25) is 0 Å². The molecule has 2 heterocycles. The van der Waals surface area contributed by atoms with Gasteiger partial charge in [-0.25, -0.2) is 14.1 Å². The highest BCUT2D eigenvalue weighted by molar-refractivity contribution is 5.55.